The highest BCUT2D eigenvalue weighted by Crippen LogP contribution is 2.29. The maximum atomic E-state index is 5.19. The van der Waals surface area contributed by atoms with Gasteiger partial charge in [-0.05, 0) is 43.2 Å². The van der Waals surface area contributed by atoms with Crippen LogP contribution in [0.25, 0.3) is 11.3 Å². The Morgan fingerprint density at radius 3 is 2.25 bits per heavy atom. The first-order valence-electron chi connectivity index (χ1n) is 7.11. The van der Waals surface area contributed by atoms with E-state index in [-0.39, 0.29) is 5.41 Å². The van der Waals surface area contributed by atoms with Crippen LogP contribution >= 0.6 is 0 Å². The average molecular weight is 270 g/mol. The summed E-state index contributed by atoms with van der Waals surface area (Å²) in [5.41, 5.74) is 2.09. The van der Waals surface area contributed by atoms with Crippen LogP contribution in [-0.2, 0) is 5.41 Å². The largest absolute Gasteiger partial charge is 0.497 e. The molecule has 0 saturated carbocycles. The normalized spacial score (nSPS) is 11.4. The van der Waals surface area contributed by atoms with Crippen LogP contribution in [0.4, 0.5) is 0 Å². The predicted octanol–water partition coefficient (Wildman–Crippen LogP) is 4.23. The first kappa shape index (κ1) is 14.5. The fourth-order valence-electron chi connectivity index (χ4n) is 2.14. The van der Waals surface area contributed by atoms with E-state index in [4.69, 9.17) is 9.72 Å². The van der Waals surface area contributed by atoms with Gasteiger partial charge in [0.2, 0.25) is 0 Å². The van der Waals surface area contributed by atoms with Crippen molar-refractivity contribution in [2.75, 3.05) is 7.11 Å². The second kappa shape index (κ2) is 6.04. The van der Waals surface area contributed by atoms with Gasteiger partial charge in [-0.2, -0.15) is 0 Å². The van der Waals surface area contributed by atoms with Crippen molar-refractivity contribution >= 4 is 0 Å². The Morgan fingerprint density at radius 2 is 1.70 bits per heavy atom. The molecule has 2 aromatic rings. The van der Waals surface area contributed by atoms with Gasteiger partial charge in [0.15, 0.2) is 0 Å². The van der Waals surface area contributed by atoms with E-state index in [0.29, 0.717) is 0 Å². The molecular weight excluding hydrogens is 248 g/mol. The van der Waals surface area contributed by atoms with Crippen molar-refractivity contribution in [2.24, 2.45) is 0 Å². The van der Waals surface area contributed by atoms with Crippen LogP contribution in [0.2, 0.25) is 0 Å². The highest BCUT2D eigenvalue weighted by Gasteiger charge is 2.25. The molecule has 0 aliphatic carbocycles. The van der Waals surface area contributed by atoms with Gasteiger partial charge in [-0.1, -0.05) is 20.8 Å². The molecule has 106 valence electrons. The fourth-order valence-corrected chi connectivity index (χ4v) is 2.14. The van der Waals surface area contributed by atoms with Gasteiger partial charge in [-0.3, -0.25) is 0 Å². The number of rotatable bonds is 5. The van der Waals surface area contributed by atoms with Crippen molar-refractivity contribution in [2.45, 2.75) is 39.0 Å². The van der Waals surface area contributed by atoms with E-state index in [9.17, 15) is 0 Å². The van der Waals surface area contributed by atoms with Crippen LogP contribution in [0.3, 0.4) is 0 Å². The molecule has 1 aromatic carbocycles. The molecule has 3 heteroatoms. The van der Waals surface area contributed by atoms with Crippen LogP contribution in [0.5, 0.6) is 5.75 Å². The molecule has 0 fully saturated rings. The van der Waals surface area contributed by atoms with Gasteiger partial charge in [0.25, 0.3) is 0 Å². The van der Waals surface area contributed by atoms with E-state index < -0.39 is 0 Å². The molecule has 0 bridgehead atoms. The van der Waals surface area contributed by atoms with Gasteiger partial charge >= 0.3 is 0 Å². The lowest BCUT2D eigenvalue weighted by Crippen LogP contribution is -2.23. The predicted molar refractivity (Wildman–Crippen MR) is 82.0 cm³/mol. The number of ether oxygens (including phenoxy) is 1. The number of nitrogens with zero attached hydrogens (tertiary/aromatic N) is 2. The number of benzene rings is 1. The number of hydrogen-bond donors (Lipinski definition) is 0. The molecule has 0 N–H and O–H groups in total. The Kier molecular flexibility index (Phi) is 4.38. The van der Waals surface area contributed by atoms with Gasteiger partial charge in [0, 0.05) is 17.2 Å². The highest BCUT2D eigenvalue weighted by atomic mass is 16.5. The van der Waals surface area contributed by atoms with Gasteiger partial charge in [0.05, 0.1) is 12.8 Å². The third-order valence-electron chi connectivity index (χ3n) is 4.14. The zero-order valence-electron chi connectivity index (χ0n) is 12.7. The van der Waals surface area contributed by atoms with Crippen LogP contribution in [0.15, 0.2) is 36.5 Å². The summed E-state index contributed by atoms with van der Waals surface area (Å²) in [4.78, 5) is 9.24. The molecule has 1 heterocycles. The Balaban J connectivity index is 2.38. The molecule has 0 saturated heterocycles. The summed E-state index contributed by atoms with van der Waals surface area (Å²) in [6.07, 6.45) is 3.93. The number of methoxy groups -OCH3 is 1. The maximum absolute atomic E-state index is 5.19. The third-order valence-corrected chi connectivity index (χ3v) is 4.14. The Bertz CT molecular complexity index is 559. The van der Waals surface area contributed by atoms with E-state index in [1.54, 1.807) is 7.11 Å². The lowest BCUT2D eigenvalue weighted by Gasteiger charge is -2.25. The van der Waals surface area contributed by atoms with E-state index in [2.05, 4.69) is 25.8 Å². The van der Waals surface area contributed by atoms with E-state index >= 15 is 0 Å². The summed E-state index contributed by atoms with van der Waals surface area (Å²) < 4.78 is 5.19. The van der Waals surface area contributed by atoms with Crippen molar-refractivity contribution in [1.29, 1.82) is 0 Å². The van der Waals surface area contributed by atoms with Crippen molar-refractivity contribution in [1.82, 2.24) is 9.97 Å². The zero-order valence-corrected chi connectivity index (χ0v) is 12.7. The lowest BCUT2D eigenvalue weighted by atomic mass is 9.84. The van der Waals surface area contributed by atoms with E-state index in [0.717, 1.165) is 35.7 Å². The van der Waals surface area contributed by atoms with E-state index in [1.807, 2.05) is 36.5 Å². The average Bonchev–Trinajstić information content (AvgIpc) is 2.54. The second-order valence-corrected chi connectivity index (χ2v) is 5.26. The second-order valence-electron chi connectivity index (χ2n) is 5.26. The minimum atomic E-state index is 0.0441. The third kappa shape index (κ3) is 2.82. The maximum Gasteiger partial charge on any atom is 0.134 e. The van der Waals surface area contributed by atoms with Crippen LogP contribution in [-0.4, -0.2) is 17.1 Å². The van der Waals surface area contributed by atoms with Crippen molar-refractivity contribution in [3.8, 4) is 17.0 Å². The molecule has 0 spiro atoms. The fraction of sp³-hybridized carbons (Fsp3) is 0.412. The first-order valence-corrected chi connectivity index (χ1v) is 7.11. The standard InChI is InChI=1S/C17H22N2O/c1-5-17(3,6-2)16-18-12-11-15(19-16)13-7-9-14(20-4)10-8-13/h7-12H,5-6H2,1-4H3. The molecular formula is C17H22N2O. The van der Waals surface area contributed by atoms with Crippen LogP contribution in [0, 0.1) is 0 Å². The molecule has 0 radical (unpaired) electrons. The minimum absolute atomic E-state index is 0.0441. The smallest absolute Gasteiger partial charge is 0.134 e. The topological polar surface area (TPSA) is 35.0 Å². The summed E-state index contributed by atoms with van der Waals surface area (Å²) in [6.45, 7) is 6.60. The van der Waals surface area contributed by atoms with Crippen LogP contribution < -0.4 is 4.74 Å². The van der Waals surface area contributed by atoms with Crippen molar-refractivity contribution < 1.29 is 4.74 Å². The van der Waals surface area contributed by atoms with Gasteiger partial charge in [-0.15, -0.1) is 0 Å². The Hall–Kier alpha value is -1.90. The van der Waals surface area contributed by atoms with Crippen LogP contribution in [0.1, 0.15) is 39.4 Å². The number of aromatic nitrogens is 2. The SMILES string of the molecule is CCC(C)(CC)c1nccc(-c2ccc(OC)cc2)n1. The molecule has 1 aromatic heterocycles. The molecule has 3 nitrogen and oxygen atoms in total. The quantitative estimate of drug-likeness (QED) is 0.815. The van der Waals surface area contributed by atoms with Gasteiger partial charge < -0.3 is 4.74 Å². The molecule has 2 rings (SSSR count). The monoisotopic (exact) mass is 270 g/mol. The lowest BCUT2D eigenvalue weighted by molar-refractivity contribution is 0.412. The molecule has 0 aliphatic rings. The number of hydrogen-bond acceptors (Lipinski definition) is 3. The molecule has 0 atom stereocenters. The van der Waals surface area contributed by atoms with E-state index in [1.165, 1.54) is 0 Å². The molecule has 0 unspecified atom stereocenters. The van der Waals surface area contributed by atoms with Gasteiger partial charge in [0.1, 0.15) is 11.6 Å². The minimum Gasteiger partial charge on any atom is -0.497 e. The summed E-state index contributed by atoms with van der Waals surface area (Å²) in [7, 11) is 1.67. The summed E-state index contributed by atoms with van der Waals surface area (Å²) in [6, 6.07) is 9.92. The Labute approximate surface area is 121 Å². The summed E-state index contributed by atoms with van der Waals surface area (Å²) >= 11 is 0. The molecule has 0 amide bonds. The Morgan fingerprint density at radius 1 is 1.05 bits per heavy atom. The molecule has 20 heavy (non-hydrogen) atoms. The van der Waals surface area contributed by atoms with Crippen molar-refractivity contribution in [3.05, 3.63) is 42.4 Å². The zero-order chi connectivity index (χ0) is 14.6. The molecule has 0 aliphatic heterocycles. The first-order chi connectivity index (χ1) is 9.62. The highest BCUT2D eigenvalue weighted by molar-refractivity contribution is 5.59. The van der Waals surface area contributed by atoms with Crippen molar-refractivity contribution in [3.63, 3.8) is 0 Å². The van der Waals surface area contributed by atoms with Gasteiger partial charge in [-0.25, -0.2) is 9.97 Å². The summed E-state index contributed by atoms with van der Waals surface area (Å²) in [5.74, 6) is 1.78. The summed E-state index contributed by atoms with van der Waals surface area (Å²) in [5, 5.41) is 0.